The number of rotatable bonds is 1. The van der Waals surface area contributed by atoms with Gasteiger partial charge in [-0.2, -0.15) is 0 Å². The fourth-order valence-corrected chi connectivity index (χ4v) is 2.04. The lowest BCUT2D eigenvalue weighted by molar-refractivity contribution is 0.149. The molecule has 0 aliphatic heterocycles. The lowest BCUT2D eigenvalue weighted by Gasteiger charge is -2.14. The van der Waals surface area contributed by atoms with Crippen LogP contribution in [0.5, 0.6) is 0 Å². The van der Waals surface area contributed by atoms with Gasteiger partial charge in [-0.15, -0.1) is 5.10 Å². The van der Waals surface area contributed by atoms with Crippen molar-refractivity contribution in [2.24, 2.45) is 0 Å². The van der Waals surface area contributed by atoms with Gasteiger partial charge in [0, 0.05) is 6.54 Å². The van der Waals surface area contributed by atoms with Gasteiger partial charge in [-0.05, 0) is 39.0 Å². The average Bonchev–Trinajstić information content (AvgIpc) is 2.53. The number of nitrogens with zero attached hydrogens (tertiary/aromatic N) is 3. The van der Waals surface area contributed by atoms with Crippen molar-refractivity contribution in [1.82, 2.24) is 15.0 Å². The van der Waals surface area contributed by atoms with Gasteiger partial charge in [0.25, 0.3) is 0 Å². The second kappa shape index (κ2) is 4.09. The van der Waals surface area contributed by atoms with Crippen molar-refractivity contribution in [3.8, 4) is 0 Å². The monoisotopic (exact) mass is 195 g/mol. The van der Waals surface area contributed by atoms with Crippen molar-refractivity contribution in [2.75, 3.05) is 0 Å². The first-order valence-electron chi connectivity index (χ1n) is 5.40. The van der Waals surface area contributed by atoms with E-state index in [4.69, 9.17) is 0 Å². The van der Waals surface area contributed by atoms with Gasteiger partial charge in [0.2, 0.25) is 0 Å². The number of hydrogen-bond acceptors (Lipinski definition) is 3. The third-order valence-electron chi connectivity index (χ3n) is 2.88. The van der Waals surface area contributed by atoms with Crippen LogP contribution in [0.2, 0.25) is 0 Å². The van der Waals surface area contributed by atoms with Crippen LogP contribution in [0, 0.1) is 0 Å². The molecule has 1 aliphatic rings. The first-order chi connectivity index (χ1) is 6.81. The van der Waals surface area contributed by atoms with Crippen molar-refractivity contribution in [2.45, 2.75) is 51.7 Å². The lowest BCUT2D eigenvalue weighted by atomic mass is 9.99. The molecule has 1 aromatic rings. The molecule has 0 radical (unpaired) electrons. The Morgan fingerprint density at radius 2 is 2.29 bits per heavy atom. The van der Waals surface area contributed by atoms with Gasteiger partial charge in [0.15, 0.2) is 0 Å². The van der Waals surface area contributed by atoms with E-state index in [0.29, 0.717) is 0 Å². The van der Waals surface area contributed by atoms with E-state index in [0.717, 1.165) is 44.3 Å². The third kappa shape index (κ3) is 1.80. The van der Waals surface area contributed by atoms with Crippen LogP contribution < -0.4 is 0 Å². The highest BCUT2D eigenvalue weighted by Gasteiger charge is 2.17. The minimum Gasteiger partial charge on any atom is -0.393 e. The Morgan fingerprint density at radius 3 is 3.07 bits per heavy atom. The Balaban J connectivity index is 2.22. The number of aliphatic hydroxyl groups excluding tert-OH is 1. The fraction of sp³-hybridized carbons (Fsp3) is 0.800. The summed E-state index contributed by atoms with van der Waals surface area (Å²) in [6.45, 7) is 2.95. The Hall–Kier alpha value is -0.900. The van der Waals surface area contributed by atoms with Crippen LogP contribution in [0.3, 0.4) is 0 Å². The molecule has 1 heterocycles. The first-order valence-corrected chi connectivity index (χ1v) is 5.40. The zero-order valence-electron chi connectivity index (χ0n) is 8.61. The van der Waals surface area contributed by atoms with Gasteiger partial charge < -0.3 is 5.11 Å². The molecular weight excluding hydrogens is 178 g/mol. The van der Waals surface area contributed by atoms with Crippen LogP contribution in [0.25, 0.3) is 0 Å². The number of fused-ring (bicyclic) bond motifs is 1. The van der Waals surface area contributed by atoms with Gasteiger partial charge in [-0.1, -0.05) is 5.21 Å². The molecule has 0 saturated heterocycles. The molecule has 4 nitrogen and oxygen atoms in total. The first kappa shape index (κ1) is 9.65. The van der Waals surface area contributed by atoms with Crippen molar-refractivity contribution >= 4 is 0 Å². The van der Waals surface area contributed by atoms with Crippen molar-refractivity contribution in [3.05, 3.63) is 11.4 Å². The molecule has 1 unspecified atom stereocenters. The molecule has 1 N–H and O–H groups in total. The van der Waals surface area contributed by atoms with E-state index in [1.54, 1.807) is 0 Å². The van der Waals surface area contributed by atoms with E-state index in [1.165, 1.54) is 5.69 Å². The molecule has 1 atom stereocenters. The number of aryl methyl sites for hydroxylation is 2. The number of aliphatic hydroxyl groups is 1. The van der Waals surface area contributed by atoms with E-state index in [1.807, 2.05) is 4.68 Å². The molecule has 0 bridgehead atoms. The van der Waals surface area contributed by atoms with Crippen LogP contribution in [0.15, 0.2) is 0 Å². The van der Waals surface area contributed by atoms with Crippen LogP contribution in [-0.4, -0.2) is 26.2 Å². The topological polar surface area (TPSA) is 50.9 Å². The summed E-state index contributed by atoms with van der Waals surface area (Å²) >= 11 is 0. The van der Waals surface area contributed by atoms with Crippen LogP contribution in [-0.2, 0) is 19.4 Å². The SMILES string of the molecule is CCn1nnc2c1CCC(O)CCC2. The standard InChI is InChI=1S/C10H17N3O/c1-2-13-10-7-6-8(14)4-3-5-9(10)11-12-13/h8,14H,2-7H2,1H3. The zero-order chi connectivity index (χ0) is 9.97. The lowest BCUT2D eigenvalue weighted by Crippen LogP contribution is -2.14. The van der Waals surface area contributed by atoms with Crippen molar-refractivity contribution in [3.63, 3.8) is 0 Å². The second-order valence-corrected chi connectivity index (χ2v) is 3.88. The van der Waals surface area contributed by atoms with E-state index in [2.05, 4.69) is 17.2 Å². The zero-order valence-corrected chi connectivity index (χ0v) is 8.61. The molecule has 1 aliphatic carbocycles. The third-order valence-corrected chi connectivity index (χ3v) is 2.88. The van der Waals surface area contributed by atoms with E-state index in [9.17, 15) is 5.11 Å². The summed E-state index contributed by atoms with van der Waals surface area (Å²) in [6, 6.07) is 0. The number of hydrogen-bond donors (Lipinski definition) is 1. The largest absolute Gasteiger partial charge is 0.393 e. The highest BCUT2D eigenvalue weighted by atomic mass is 16.3. The van der Waals surface area contributed by atoms with E-state index < -0.39 is 0 Å². The van der Waals surface area contributed by atoms with Crippen LogP contribution in [0.4, 0.5) is 0 Å². The molecule has 2 rings (SSSR count). The van der Waals surface area contributed by atoms with Crippen LogP contribution in [0.1, 0.15) is 37.6 Å². The molecule has 78 valence electrons. The summed E-state index contributed by atoms with van der Waals surface area (Å²) in [5.41, 5.74) is 2.37. The maximum atomic E-state index is 9.59. The predicted molar refractivity (Wildman–Crippen MR) is 53.0 cm³/mol. The van der Waals surface area contributed by atoms with Gasteiger partial charge in [-0.25, -0.2) is 4.68 Å². The fourth-order valence-electron chi connectivity index (χ4n) is 2.04. The summed E-state index contributed by atoms with van der Waals surface area (Å²) in [6.07, 6.45) is 4.52. The predicted octanol–water partition coefficient (Wildman–Crippen LogP) is 0.928. The summed E-state index contributed by atoms with van der Waals surface area (Å²) in [5.74, 6) is 0. The summed E-state index contributed by atoms with van der Waals surface area (Å²) in [7, 11) is 0. The molecule has 0 amide bonds. The second-order valence-electron chi connectivity index (χ2n) is 3.88. The Bertz CT molecular complexity index is 308. The minimum absolute atomic E-state index is 0.136. The van der Waals surface area contributed by atoms with Crippen molar-refractivity contribution in [1.29, 1.82) is 0 Å². The average molecular weight is 195 g/mol. The summed E-state index contributed by atoms with van der Waals surface area (Å²) in [4.78, 5) is 0. The highest BCUT2D eigenvalue weighted by molar-refractivity contribution is 5.11. The van der Waals surface area contributed by atoms with Gasteiger partial charge >= 0.3 is 0 Å². The maximum Gasteiger partial charge on any atom is 0.0859 e. The Kier molecular flexibility index (Phi) is 2.82. The molecule has 1 aromatic heterocycles. The molecule has 0 fully saturated rings. The Morgan fingerprint density at radius 1 is 1.43 bits per heavy atom. The number of aromatic nitrogens is 3. The molecule has 4 heteroatoms. The molecule has 0 spiro atoms. The van der Waals surface area contributed by atoms with E-state index in [-0.39, 0.29) is 6.10 Å². The molecule has 14 heavy (non-hydrogen) atoms. The highest BCUT2D eigenvalue weighted by Crippen LogP contribution is 2.18. The van der Waals surface area contributed by atoms with Gasteiger partial charge in [0.1, 0.15) is 0 Å². The smallest absolute Gasteiger partial charge is 0.0859 e. The quantitative estimate of drug-likeness (QED) is 0.725. The van der Waals surface area contributed by atoms with Crippen molar-refractivity contribution < 1.29 is 5.11 Å². The Labute approximate surface area is 83.9 Å². The van der Waals surface area contributed by atoms with Crippen LogP contribution >= 0.6 is 0 Å². The minimum atomic E-state index is -0.136. The van der Waals surface area contributed by atoms with Gasteiger partial charge in [-0.3, -0.25) is 0 Å². The van der Waals surface area contributed by atoms with Gasteiger partial charge in [0.05, 0.1) is 17.5 Å². The maximum absolute atomic E-state index is 9.59. The summed E-state index contributed by atoms with van der Waals surface area (Å²) in [5, 5.41) is 17.9. The molecule has 0 aromatic carbocycles. The summed E-state index contributed by atoms with van der Waals surface area (Å²) < 4.78 is 1.95. The molecular formula is C10H17N3O. The molecule has 0 saturated carbocycles. The normalized spacial score (nSPS) is 22.6. The van der Waals surface area contributed by atoms with E-state index >= 15 is 0 Å².